The molecule has 1 fully saturated rings. The normalized spacial score (nSPS) is 16.3. The lowest BCUT2D eigenvalue weighted by atomic mass is 10.0. The van der Waals surface area contributed by atoms with Crippen LogP contribution in [-0.2, 0) is 0 Å². The molecule has 1 atom stereocenters. The first-order valence-electron chi connectivity index (χ1n) is 9.31. The molecule has 26 heavy (non-hydrogen) atoms. The molecule has 0 saturated carbocycles. The average molecular weight is 356 g/mol. The number of furan rings is 1. The summed E-state index contributed by atoms with van der Waals surface area (Å²) in [4.78, 5) is 15.1. The molecular formula is C21H28N2O3. The number of nitrogens with zero attached hydrogens (tertiary/aromatic N) is 1. The largest absolute Gasteiger partial charge is 0.497 e. The number of methoxy groups -OCH3 is 1. The van der Waals surface area contributed by atoms with E-state index in [0.717, 1.165) is 24.6 Å². The zero-order valence-corrected chi connectivity index (χ0v) is 15.9. The number of ether oxygens (including phenoxy) is 1. The van der Waals surface area contributed by atoms with Crippen LogP contribution in [0.2, 0.25) is 0 Å². The highest BCUT2D eigenvalue weighted by atomic mass is 16.5. The number of carbonyl (C=O) groups is 1. The summed E-state index contributed by atoms with van der Waals surface area (Å²) < 4.78 is 10.8. The molecule has 140 valence electrons. The molecule has 1 aliphatic rings. The monoisotopic (exact) mass is 356 g/mol. The van der Waals surface area contributed by atoms with Crippen molar-refractivity contribution in [3.63, 3.8) is 0 Å². The Morgan fingerprint density at radius 1 is 1.19 bits per heavy atom. The number of amides is 1. The summed E-state index contributed by atoms with van der Waals surface area (Å²) in [6, 6.07) is 10.1. The second kappa shape index (κ2) is 8.41. The van der Waals surface area contributed by atoms with Gasteiger partial charge in [-0.3, -0.25) is 9.69 Å². The number of likely N-dealkylation sites (tertiary alicyclic amines) is 1. The van der Waals surface area contributed by atoms with Crippen molar-refractivity contribution in [3.8, 4) is 5.75 Å². The first kappa shape index (κ1) is 18.5. The molecule has 5 heteroatoms. The molecule has 1 unspecified atom stereocenters. The minimum absolute atomic E-state index is 0.0742. The molecule has 1 amide bonds. The van der Waals surface area contributed by atoms with Gasteiger partial charge in [0.2, 0.25) is 0 Å². The maximum Gasteiger partial charge on any atom is 0.254 e. The third-order valence-corrected chi connectivity index (χ3v) is 5.07. The third-order valence-electron chi connectivity index (χ3n) is 5.07. The number of nitrogens with one attached hydrogen (secondary N) is 1. The van der Waals surface area contributed by atoms with E-state index in [-0.39, 0.29) is 11.9 Å². The van der Waals surface area contributed by atoms with Crippen LogP contribution >= 0.6 is 0 Å². The Morgan fingerprint density at radius 2 is 1.88 bits per heavy atom. The van der Waals surface area contributed by atoms with E-state index in [1.165, 1.54) is 24.8 Å². The fourth-order valence-electron chi connectivity index (χ4n) is 3.65. The zero-order valence-electron chi connectivity index (χ0n) is 15.9. The lowest BCUT2D eigenvalue weighted by molar-refractivity contribution is 0.0923. The number of rotatable bonds is 6. The first-order valence-corrected chi connectivity index (χ1v) is 9.31. The summed E-state index contributed by atoms with van der Waals surface area (Å²) >= 11 is 0. The van der Waals surface area contributed by atoms with E-state index < -0.39 is 0 Å². The maximum atomic E-state index is 12.6. The smallest absolute Gasteiger partial charge is 0.254 e. The summed E-state index contributed by atoms with van der Waals surface area (Å²) in [5.74, 6) is 2.20. The quantitative estimate of drug-likeness (QED) is 0.854. The van der Waals surface area contributed by atoms with Crippen LogP contribution in [-0.4, -0.2) is 37.6 Å². The molecule has 3 rings (SSSR count). The van der Waals surface area contributed by atoms with E-state index in [2.05, 4.69) is 22.3 Å². The van der Waals surface area contributed by atoms with Crippen molar-refractivity contribution in [1.29, 1.82) is 0 Å². The molecule has 1 saturated heterocycles. The van der Waals surface area contributed by atoms with E-state index in [1.54, 1.807) is 13.2 Å². The van der Waals surface area contributed by atoms with Crippen molar-refractivity contribution in [3.05, 3.63) is 53.0 Å². The molecule has 0 spiro atoms. The molecule has 1 aromatic carbocycles. The predicted octanol–water partition coefficient (Wildman–Crippen LogP) is 3.86. The van der Waals surface area contributed by atoms with Crippen molar-refractivity contribution in [1.82, 2.24) is 10.2 Å². The molecule has 0 bridgehead atoms. The second-order valence-corrected chi connectivity index (χ2v) is 6.92. The van der Waals surface area contributed by atoms with Crippen molar-refractivity contribution in [2.24, 2.45) is 0 Å². The summed E-state index contributed by atoms with van der Waals surface area (Å²) in [7, 11) is 1.67. The fourth-order valence-corrected chi connectivity index (χ4v) is 3.65. The van der Waals surface area contributed by atoms with Gasteiger partial charge in [-0.2, -0.15) is 0 Å². The molecule has 2 aromatic rings. The minimum atomic E-state index is -0.0742. The zero-order chi connectivity index (χ0) is 18.5. The summed E-state index contributed by atoms with van der Waals surface area (Å²) in [5, 5.41) is 3.11. The van der Waals surface area contributed by atoms with E-state index in [0.29, 0.717) is 17.9 Å². The van der Waals surface area contributed by atoms with Crippen LogP contribution in [0.1, 0.15) is 52.7 Å². The predicted molar refractivity (Wildman–Crippen MR) is 102 cm³/mol. The van der Waals surface area contributed by atoms with E-state index in [1.807, 2.05) is 26.0 Å². The lowest BCUT2D eigenvalue weighted by Gasteiger charge is -2.35. The summed E-state index contributed by atoms with van der Waals surface area (Å²) in [6.07, 6.45) is 3.70. The molecule has 1 N–H and O–H groups in total. The van der Waals surface area contributed by atoms with Gasteiger partial charge in [-0.1, -0.05) is 18.6 Å². The molecular weight excluding hydrogens is 328 g/mol. The van der Waals surface area contributed by atoms with Crippen molar-refractivity contribution in [2.75, 3.05) is 26.7 Å². The third kappa shape index (κ3) is 4.28. The molecule has 1 aromatic heterocycles. The van der Waals surface area contributed by atoms with Gasteiger partial charge in [0, 0.05) is 6.54 Å². The van der Waals surface area contributed by atoms with Gasteiger partial charge in [0.05, 0.1) is 18.7 Å². The lowest BCUT2D eigenvalue weighted by Crippen LogP contribution is -2.40. The second-order valence-electron chi connectivity index (χ2n) is 6.92. The number of carbonyl (C=O) groups excluding carboxylic acids is 1. The van der Waals surface area contributed by atoms with Gasteiger partial charge in [0.25, 0.3) is 5.91 Å². The number of piperidine rings is 1. The number of aryl methyl sites for hydroxylation is 2. The Balaban J connectivity index is 1.74. The molecule has 5 nitrogen and oxygen atoms in total. The highest BCUT2D eigenvalue weighted by molar-refractivity contribution is 5.95. The van der Waals surface area contributed by atoms with Crippen LogP contribution in [0.25, 0.3) is 0 Å². The minimum Gasteiger partial charge on any atom is -0.497 e. The fraction of sp³-hybridized carbons (Fsp3) is 0.476. The number of hydrogen-bond acceptors (Lipinski definition) is 4. The van der Waals surface area contributed by atoms with Gasteiger partial charge in [-0.15, -0.1) is 0 Å². The topological polar surface area (TPSA) is 54.7 Å². The van der Waals surface area contributed by atoms with Crippen LogP contribution in [0, 0.1) is 13.8 Å². The Hall–Kier alpha value is -2.27. The standard InChI is InChI=1S/C21H28N2O3/c1-15-13-19(16(2)26-15)21(24)22-14-20(23-11-5-4-6-12-23)17-7-9-18(25-3)10-8-17/h7-10,13,20H,4-6,11-12,14H2,1-3H3,(H,22,24). The first-order chi connectivity index (χ1) is 12.6. The van der Waals surface area contributed by atoms with Crippen LogP contribution in [0.15, 0.2) is 34.7 Å². The Labute approximate surface area is 155 Å². The van der Waals surface area contributed by atoms with Crippen LogP contribution in [0.3, 0.4) is 0 Å². The van der Waals surface area contributed by atoms with Gasteiger partial charge in [-0.05, 0) is 63.5 Å². The molecule has 2 heterocycles. The SMILES string of the molecule is COc1ccc(C(CNC(=O)c2cc(C)oc2C)N2CCCCC2)cc1. The Bertz CT molecular complexity index is 730. The van der Waals surface area contributed by atoms with Crippen LogP contribution in [0.4, 0.5) is 0 Å². The molecule has 0 aliphatic carbocycles. The van der Waals surface area contributed by atoms with Gasteiger partial charge in [-0.25, -0.2) is 0 Å². The summed E-state index contributed by atoms with van der Waals surface area (Å²) in [6.45, 7) is 6.40. The van der Waals surface area contributed by atoms with E-state index in [4.69, 9.17) is 9.15 Å². The number of benzene rings is 1. The van der Waals surface area contributed by atoms with Crippen LogP contribution in [0.5, 0.6) is 5.75 Å². The van der Waals surface area contributed by atoms with Gasteiger partial charge >= 0.3 is 0 Å². The molecule has 1 aliphatic heterocycles. The Morgan fingerprint density at radius 3 is 2.46 bits per heavy atom. The van der Waals surface area contributed by atoms with Gasteiger partial charge in [0.15, 0.2) is 0 Å². The summed E-state index contributed by atoms with van der Waals surface area (Å²) in [5.41, 5.74) is 1.82. The number of hydrogen-bond donors (Lipinski definition) is 1. The highest BCUT2D eigenvalue weighted by Crippen LogP contribution is 2.26. The average Bonchev–Trinajstić information content (AvgIpc) is 3.01. The van der Waals surface area contributed by atoms with E-state index in [9.17, 15) is 4.79 Å². The van der Waals surface area contributed by atoms with Gasteiger partial charge in [0.1, 0.15) is 17.3 Å². The Kier molecular flexibility index (Phi) is 5.99. The van der Waals surface area contributed by atoms with Crippen LogP contribution < -0.4 is 10.1 Å². The van der Waals surface area contributed by atoms with E-state index >= 15 is 0 Å². The van der Waals surface area contributed by atoms with Gasteiger partial charge < -0.3 is 14.5 Å². The molecule has 0 radical (unpaired) electrons. The van der Waals surface area contributed by atoms with Crippen molar-refractivity contribution < 1.29 is 13.9 Å². The van der Waals surface area contributed by atoms with Crippen molar-refractivity contribution in [2.45, 2.75) is 39.2 Å². The maximum absolute atomic E-state index is 12.6. The highest BCUT2D eigenvalue weighted by Gasteiger charge is 2.24. The van der Waals surface area contributed by atoms with Crippen molar-refractivity contribution >= 4 is 5.91 Å².